The fourth-order valence-electron chi connectivity index (χ4n) is 3.38. The van der Waals surface area contributed by atoms with Gasteiger partial charge >= 0.3 is 0 Å². The molecule has 1 aromatic rings. The van der Waals surface area contributed by atoms with Crippen molar-refractivity contribution in [1.29, 1.82) is 5.26 Å². The molecule has 0 aromatic carbocycles. The summed E-state index contributed by atoms with van der Waals surface area (Å²) in [5.41, 5.74) is 3.26. The smallest absolute Gasteiger partial charge is 0.147 e. The number of nitrogens with zero attached hydrogens (tertiary/aromatic N) is 4. The zero-order chi connectivity index (χ0) is 14.1. The van der Waals surface area contributed by atoms with Crippen molar-refractivity contribution in [3.05, 3.63) is 22.9 Å². The first-order valence-corrected chi connectivity index (χ1v) is 7.57. The molecule has 2 aliphatic rings. The van der Waals surface area contributed by atoms with E-state index in [9.17, 15) is 5.26 Å². The lowest BCUT2D eigenvalue weighted by Gasteiger charge is -2.39. The van der Waals surface area contributed by atoms with E-state index in [0.29, 0.717) is 6.04 Å². The quantitative estimate of drug-likeness (QED) is 0.782. The topological polar surface area (TPSA) is 43.2 Å². The summed E-state index contributed by atoms with van der Waals surface area (Å²) in [6.45, 7) is 5.24. The second-order valence-corrected chi connectivity index (χ2v) is 6.09. The lowest BCUT2D eigenvalue weighted by Crippen LogP contribution is -2.51. The van der Waals surface area contributed by atoms with Crippen molar-refractivity contribution in [1.82, 2.24) is 9.88 Å². The molecule has 0 bridgehead atoms. The van der Waals surface area contributed by atoms with Crippen LogP contribution in [0.3, 0.4) is 0 Å². The zero-order valence-corrected chi connectivity index (χ0v) is 12.4. The Morgan fingerprint density at radius 2 is 2.10 bits per heavy atom. The number of pyridine rings is 1. The van der Waals surface area contributed by atoms with Crippen LogP contribution >= 0.6 is 0 Å². The summed E-state index contributed by atoms with van der Waals surface area (Å²) in [7, 11) is 2.15. The van der Waals surface area contributed by atoms with Crippen molar-refractivity contribution in [2.45, 2.75) is 38.6 Å². The molecule has 1 unspecified atom stereocenters. The first-order chi connectivity index (χ1) is 9.69. The highest BCUT2D eigenvalue weighted by Gasteiger charge is 2.26. The molecule has 20 heavy (non-hydrogen) atoms. The molecule has 0 radical (unpaired) electrons. The summed E-state index contributed by atoms with van der Waals surface area (Å²) in [4.78, 5) is 9.52. The molecule has 0 saturated carbocycles. The average molecular weight is 270 g/mol. The number of piperazine rings is 1. The van der Waals surface area contributed by atoms with Crippen molar-refractivity contribution < 1.29 is 0 Å². The zero-order valence-electron chi connectivity index (χ0n) is 12.4. The van der Waals surface area contributed by atoms with Crippen LogP contribution in [-0.4, -0.2) is 42.6 Å². The van der Waals surface area contributed by atoms with Crippen LogP contribution in [0.1, 0.15) is 36.6 Å². The largest absolute Gasteiger partial charge is 0.350 e. The number of fused-ring (bicyclic) bond motifs is 1. The average Bonchev–Trinajstić information content (AvgIpc) is 2.46. The Morgan fingerprint density at radius 1 is 1.30 bits per heavy atom. The second-order valence-electron chi connectivity index (χ2n) is 6.09. The van der Waals surface area contributed by atoms with Gasteiger partial charge in [-0.15, -0.1) is 0 Å². The molecule has 1 aliphatic carbocycles. The molecule has 1 aliphatic heterocycles. The lowest BCUT2D eigenvalue weighted by atomic mass is 9.94. The maximum absolute atomic E-state index is 9.46. The third kappa shape index (κ3) is 2.38. The summed E-state index contributed by atoms with van der Waals surface area (Å²) >= 11 is 0. The van der Waals surface area contributed by atoms with Gasteiger partial charge in [0.25, 0.3) is 0 Å². The minimum atomic E-state index is 0.412. The van der Waals surface area contributed by atoms with Gasteiger partial charge in [0, 0.05) is 31.4 Å². The van der Waals surface area contributed by atoms with Crippen LogP contribution in [0.15, 0.2) is 6.07 Å². The van der Waals surface area contributed by atoms with Gasteiger partial charge in [-0.25, -0.2) is 4.98 Å². The molecular formula is C16H22N4. The third-order valence-corrected chi connectivity index (χ3v) is 4.50. The molecule has 4 heteroatoms. The highest BCUT2D eigenvalue weighted by molar-refractivity contribution is 5.57. The number of aromatic nitrogens is 1. The summed E-state index contributed by atoms with van der Waals surface area (Å²) < 4.78 is 0. The summed E-state index contributed by atoms with van der Waals surface area (Å²) in [5, 5.41) is 9.46. The van der Waals surface area contributed by atoms with Gasteiger partial charge in [0.15, 0.2) is 0 Å². The van der Waals surface area contributed by atoms with E-state index in [0.717, 1.165) is 43.9 Å². The molecule has 1 saturated heterocycles. The van der Waals surface area contributed by atoms with Crippen LogP contribution < -0.4 is 4.90 Å². The van der Waals surface area contributed by atoms with E-state index in [1.807, 2.05) is 0 Å². The number of anilines is 1. The van der Waals surface area contributed by atoms with E-state index in [1.165, 1.54) is 24.1 Å². The standard InChI is InChI=1S/C16H22N4/c1-12-11-19(2)7-8-20(12)16-14(10-17)9-13-5-3-4-6-15(13)18-16/h9,12H,3-8,11H2,1-2H3. The Hall–Kier alpha value is -1.60. The number of aryl methyl sites for hydroxylation is 2. The predicted octanol–water partition coefficient (Wildman–Crippen LogP) is 1.97. The summed E-state index contributed by atoms with van der Waals surface area (Å²) in [5.74, 6) is 0.911. The second kappa shape index (κ2) is 5.41. The minimum absolute atomic E-state index is 0.412. The van der Waals surface area contributed by atoms with Crippen LogP contribution in [0.2, 0.25) is 0 Å². The molecule has 106 valence electrons. The highest BCUT2D eigenvalue weighted by Crippen LogP contribution is 2.28. The molecule has 0 N–H and O–H groups in total. The summed E-state index contributed by atoms with van der Waals surface area (Å²) in [6.07, 6.45) is 4.60. The van der Waals surface area contributed by atoms with Crippen molar-refractivity contribution in [2.75, 3.05) is 31.6 Å². The molecule has 0 spiro atoms. The monoisotopic (exact) mass is 270 g/mol. The maximum atomic E-state index is 9.46. The number of hydrogen-bond donors (Lipinski definition) is 0. The Bertz CT molecular complexity index is 546. The minimum Gasteiger partial charge on any atom is -0.350 e. The predicted molar refractivity (Wildman–Crippen MR) is 79.9 cm³/mol. The maximum Gasteiger partial charge on any atom is 0.147 e. The van der Waals surface area contributed by atoms with Gasteiger partial charge in [0.1, 0.15) is 11.9 Å². The Morgan fingerprint density at radius 3 is 2.85 bits per heavy atom. The molecule has 2 heterocycles. The van der Waals surface area contributed by atoms with Gasteiger partial charge in [-0.05, 0) is 51.3 Å². The first kappa shape index (κ1) is 13.4. The highest BCUT2D eigenvalue weighted by atomic mass is 15.3. The number of rotatable bonds is 1. The normalized spacial score (nSPS) is 23.2. The van der Waals surface area contributed by atoms with Crippen LogP contribution in [0, 0.1) is 11.3 Å². The van der Waals surface area contributed by atoms with E-state index >= 15 is 0 Å². The molecule has 1 aromatic heterocycles. The van der Waals surface area contributed by atoms with Crippen molar-refractivity contribution in [2.24, 2.45) is 0 Å². The van der Waals surface area contributed by atoms with Gasteiger partial charge in [-0.2, -0.15) is 5.26 Å². The van der Waals surface area contributed by atoms with Crippen molar-refractivity contribution >= 4 is 5.82 Å². The van der Waals surface area contributed by atoms with E-state index in [1.54, 1.807) is 0 Å². The fourth-order valence-corrected chi connectivity index (χ4v) is 3.38. The van der Waals surface area contributed by atoms with E-state index in [4.69, 9.17) is 4.98 Å². The molecule has 4 nitrogen and oxygen atoms in total. The van der Waals surface area contributed by atoms with Gasteiger partial charge < -0.3 is 9.80 Å². The Labute approximate surface area is 121 Å². The van der Waals surface area contributed by atoms with Crippen LogP contribution in [0.25, 0.3) is 0 Å². The van der Waals surface area contributed by atoms with Crippen LogP contribution in [-0.2, 0) is 12.8 Å². The number of nitriles is 1. The van der Waals surface area contributed by atoms with E-state index < -0.39 is 0 Å². The van der Waals surface area contributed by atoms with Gasteiger partial charge in [-0.1, -0.05) is 0 Å². The molecular weight excluding hydrogens is 248 g/mol. The van der Waals surface area contributed by atoms with Crippen LogP contribution in [0.4, 0.5) is 5.82 Å². The molecule has 1 atom stereocenters. The third-order valence-electron chi connectivity index (χ3n) is 4.50. The lowest BCUT2D eigenvalue weighted by molar-refractivity contribution is 0.274. The van der Waals surface area contributed by atoms with Crippen molar-refractivity contribution in [3.8, 4) is 6.07 Å². The fraction of sp³-hybridized carbons (Fsp3) is 0.625. The molecule has 0 amide bonds. The molecule has 3 rings (SSSR count). The number of hydrogen-bond acceptors (Lipinski definition) is 4. The van der Waals surface area contributed by atoms with Crippen molar-refractivity contribution in [3.63, 3.8) is 0 Å². The van der Waals surface area contributed by atoms with E-state index in [2.05, 4.69) is 35.9 Å². The van der Waals surface area contributed by atoms with E-state index in [-0.39, 0.29) is 0 Å². The first-order valence-electron chi connectivity index (χ1n) is 7.57. The SMILES string of the molecule is CC1CN(C)CCN1c1nc2c(cc1C#N)CCCC2. The number of likely N-dealkylation sites (N-methyl/N-ethyl adjacent to an activating group) is 1. The Balaban J connectivity index is 1.98. The van der Waals surface area contributed by atoms with Gasteiger partial charge in [-0.3, -0.25) is 0 Å². The molecule has 1 fully saturated rings. The van der Waals surface area contributed by atoms with Gasteiger partial charge in [0.05, 0.1) is 5.56 Å². The van der Waals surface area contributed by atoms with Crippen LogP contribution in [0.5, 0.6) is 0 Å². The Kier molecular flexibility index (Phi) is 3.62. The summed E-state index contributed by atoms with van der Waals surface area (Å²) in [6, 6.07) is 4.85. The van der Waals surface area contributed by atoms with Gasteiger partial charge in [0.2, 0.25) is 0 Å².